The Morgan fingerprint density at radius 2 is 1.79 bits per heavy atom. The molecule has 1 aromatic heterocycles. The van der Waals surface area contributed by atoms with Gasteiger partial charge in [-0.05, 0) is 24.1 Å². The number of methoxy groups -OCH3 is 2. The lowest BCUT2D eigenvalue weighted by Gasteiger charge is -2.20. The highest BCUT2D eigenvalue weighted by Gasteiger charge is 2.25. The molecule has 0 saturated heterocycles. The summed E-state index contributed by atoms with van der Waals surface area (Å²) in [5, 5.41) is 4.09. The molecule has 3 aromatic rings. The molecule has 28 heavy (non-hydrogen) atoms. The number of rotatable bonds is 8. The van der Waals surface area contributed by atoms with Gasteiger partial charge in [0.05, 0.1) is 31.7 Å². The topological polar surface area (TPSA) is 95.3 Å². The third kappa shape index (κ3) is 4.32. The van der Waals surface area contributed by atoms with Crippen molar-refractivity contribution in [2.45, 2.75) is 24.4 Å². The van der Waals surface area contributed by atoms with Gasteiger partial charge in [-0.2, -0.15) is 5.10 Å². The molecule has 0 aliphatic rings. The molecule has 1 unspecified atom stereocenters. The van der Waals surface area contributed by atoms with E-state index in [0.717, 1.165) is 5.56 Å². The highest BCUT2D eigenvalue weighted by molar-refractivity contribution is 7.89. The maximum atomic E-state index is 13.2. The minimum absolute atomic E-state index is 0.129. The van der Waals surface area contributed by atoms with Crippen LogP contribution in [-0.2, 0) is 16.6 Å². The molecule has 0 aliphatic carbocycles. The van der Waals surface area contributed by atoms with Gasteiger partial charge in [-0.15, -0.1) is 0 Å². The predicted octanol–water partition coefficient (Wildman–Crippen LogP) is 2.32. The Hall–Kier alpha value is -2.91. The highest BCUT2D eigenvalue weighted by atomic mass is 32.2. The van der Waals surface area contributed by atoms with Crippen LogP contribution in [0.25, 0.3) is 0 Å². The van der Waals surface area contributed by atoms with E-state index >= 15 is 0 Å². The lowest BCUT2D eigenvalue weighted by molar-refractivity contribution is 0.353. The van der Waals surface area contributed by atoms with E-state index < -0.39 is 16.1 Å². The molecule has 1 N–H and O–H groups in total. The van der Waals surface area contributed by atoms with Crippen molar-refractivity contribution in [3.63, 3.8) is 0 Å². The second-order valence-electron chi connectivity index (χ2n) is 6.17. The van der Waals surface area contributed by atoms with Crippen LogP contribution in [0.3, 0.4) is 0 Å². The number of nitrogens with zero attached hydrogens (tertiary/aromatic N) is 3. The maximum absolute atomic E-state index is 13.2. The number of sulfonamides is 1. The van der Waals surface area contributed by atoms with Crippen LogP contribution in [-0.4, -0.2) is 37.4 Å². The summed E-state index contributed by atoms with van der Waals surface area (Å²) in [5.74, 6) is 0.821. The molecule has 148 valence electrons. The third-order valence-corrected chi connectivity index (χ3v) is 5.92. The fraction of sp³-hybridized carbons (Fsp3) is 0.263. The quantitative estimate of drug-likeness (QED) is 0.621. The van der Waals surface area contributed by atoms with Crippen LogP contribution in [0.4, 0.5) is 0 Å². The number of nitrogens with one attached hydrogen (secondary N) is 1. The second-order valence-corrected chi connectivity index (χ2v) is 7.86. The number of benzene rings is 2. The minimum Gasteiger partial charge on any atom is -0.493 e. The van der Waals surface area contributed by atoms with Crippen LogP contribution in [0, 0.1) is 6.92 Å². The third-order valence-electron chi connectivity index (χ3n) is 4.31. The van der Waals surface area contributed by atoms with Gasteiger partial charge in [0.25, 0.3) is 0 Å². The zero-order valence-corrected chi connectivity index (χ0v) is 16.7. The van der Waals surface area contributed by atoms with Gasteiger partial charge in [-0.1, -0.05) is 30.3 Å². The van der Waals surface area contributed by atoms with Crippen molar-refractivity contribution < 1.29 is 17.9 Å². The molecule has 9 heteroatoms. The van der Waals surface area contributed by atoms with Gasteiger partial charge in [0.1, 0.15) is 12.7 Å². The molecule has 0 saturated carbocycles. The van der Waals surface area contributed by atoms with Gasteiger partial charge in [0, 0.05) is 6.07 Å². The first-order valence-corrected chi connectivity index (χ1v) is 10.0. The fourth-order valence-electron chi connectivity index (χ4n) is 2.91. The lowest BCUT2D eigenvalue weighted by Crippen LogP contribution is -2.32. The Bertz CT molecular complexity index is 1020. The second kappa shape index (κ2) is 8.41. The van der Waals surface area contributed by atoms with Gasteiger partial charge in [0.2, 0.25) is 10.0 Å². The SMILES string of the molecule is COc1cc(C)c(S(=O)(=O)NC(Cn2cncn2)c2ccccc2)cc1OC. The summed E-state index contributed by atoms with van der Waals surface area (Å²) in [7, 11) is -0.872. The van der Waals surface area contributed by atoms with E-state index in [1.807, 2.05) is 30.3 Å². The first-order valence-electron chi connectivity index (χ1n) is 8.57. The average Bonchev–Trinajstić information content (AvgIpc) is 3.20. The first kappa shape index (κ1) is 19.8. The van der Waals surface area contributed by atoms with Gasteiger partial charge in [0.15, 0.2) is 11.5 Å². The van der Waals surface area contributed by atoms with Gasteiger partial charge in [-0.25, -0.2) is 18.1 Å². The molecule has 0 bridgehead atoms. The van der Waals surface area contributed by atoms with E-state index in [9.17, 15) is 8.42 Å². The van der Waals surface area contributed by atoms with E-state index in [1.165, 1.54) is 26.6 Å². The summed E-state index contributed by atoms with van der Waals surface area (Å²) in [6.45, 7) is 2.01. The normalized spacial score (nSPS) is 12.5. The molecule has 1 atom stereocenters. The van der Waals surface area contributed by atoms with Crippen LogP contribution in [0.5, 0.6) is 11.5 Å². The number of aryl methyl sites for hydroxylation is 1. The van der Waals surface area contributed by atoms with E-state index in [1.54, 1.807) is 24.0 Å². The van der Waals surface area contributed by atoms with Crippen molar-refractivity contribution in [3.8, 4) is 11.5 Å². The molecule has 0 amide bonds. The van der Waals surface area contributed by atoms with Crippen molar-refractivity contribution in [1.29, 1.82) is 0 Å². The summed E-state index contributed by atoms with van der Waals surface area (Å²) >= 11 is 0. The van der Waals surface area contributed by atoms with Crippen molar-refractivity contribution in [2.75, 3.05) is 14.2 Å². The van der Waals surface area contributed by atoms with Crippen molar-refractivity contribution in [3.05, 3.63) is 66.2 Å². The lowest BCUT2D eigenvalue weighted by atomic mass is 10.1. The maximum Gasteiger partial charge on any atom is 0.241 e. The fourth-order valence-corrected chi connectivity index (χ4v) is 4.37. The van der Waals surface area contributed by atoms with E-state index in [4.69, 9.17) is 9.47 Å². The van der Waals surface area contributed by atoms with Crippen molar-refractivity contribution in [1.82, 2.24) is 19.5 Å². The Morgan fingerprint density at radius 1 is 1.11 bits per heavy atom. The smallest absolute Gasteiger partial charge is 0.241 e. The highest BCUT2D eigenvalue weighted by Crippen LogP contribution is 2.33. The number of ether oxygens (including phenoxy) is 2. The molecule has 0 spiro atoms. The predicted molar refractivity (Wildman–Crippen MR) is 104 cm³/mol. The van der Waals surface area contributed by atoms with Crippen molar-refractivity contribution in [2.24, 2.45) is 0 Å². The van der Waals surface area contributed by atoms with Crippen LogP contribution >= 0.6 is 0 Å². The molecule has 1 heterocycles. The molecule has 3 rings (SSSR count). The molecule has 8 nitrogen and oxygen atoms in total. The first-order chi connectivity index (χ1) is 13.4. The van der Waals surface area contributed by atoms with Crippen LogP contribution in [0.1, 0.15) is 17.2 Å². The van der Waals surface area contributed by atoms with Gasteiger partial charge >= 0.3 is 0 Å². The monoisotopic (exact) mass is 402 g/mol. The Morgan fingerprint density at radius 3 is 2.39 bits per heavy atom. The number of hydrogen-bond acceptors (Lipinski definition) is 6. The Kier molecular flexibility index (Phi) is 5.96. The molecular formula is C19H22N4O4S. The van der Waals surface area contributed by atoms with Crippen LogP contribution in [0.15, 0.2) is 60.0 Å². The summed E-state index contributed by atoms with van der Waals surface area (Å²) in [6, 6.07) is 11.9. The molecule has 0 radical (unpaired) electrons. The summed E-state index contributed by atoms with van der Waals surface area (Å²) in [6.07, 6.45) is 2.96. The standard InChI is InChI=1S/C19H22N4O4S/c1-14-9-17(26-2)18(27-3)10-19(14)28(24,25)22-16(11-23-13-20-12-21-23)15-7-5-4-6-8-15/h4-10,12-13,16,22H,11H2,1-3H3. The van der Waals surface area contributed by atoms with E-state index in [2.05, 4.69) is 14.8 Å². The van der Waals surface area contributed by atoms with Crippen molar-refractivity contribution >= 4 is 10.0 Å². The molecular weight excluding hydrogens is 380 g/mol. The largest absolute Gasteiger partial charge is 0.493 e. The summed E-state index contributed by atoms with van der Waals surface area (Å²) < 4.78 is 41.2. The number of hydrogen-bond donors (Lipinski definition) is 1. The molecule has 0 fully saturated rings. The molecule has 2 aromatic carbocycles. The van der Waals surface area contributed by atoms with Crippen LogP contribution in [0.2, 0.25) is 0 Å². The zero-order chi connectivity index (χ0) is 20.1. The van der Waals surface area contributed by atoms with Gasteiger partial charge in [-0.3, -0.25) is 4.68 Å². The Labute approximate surface area is 164 Å². The molecule has 0 aliphatic heterocycles. The van der Waals surface area contributed by atoms with Crippen LogP contribution < -0.4 is 14.2 Å². The number of aromatic nitrogens is 3. The van der Waals surface area contributed by atoms with E-state index in [0.29, 0.717) is 23.6 Å². The van der Waals surface area contributed by atoms with E-state index in [-0.39, 0.29) is 4.90 Å². The zero-order valence-electron chi connectivity index (χ0n) is 15.9. The summed E-state index contributed by atoms with van der Waals surface area (Å²) in [5.41, 5.74) is 1.37. The summed E-state index contributed by atoms with van der Waals surface area (Å²) in [4.78, 5) is 4.05. The van der Waals surface area contributed by atoms with Gasteiger partial charge < -0.3 is 9.47 Å². The minimum atomic E-state index is -3.85. The average molecular weight is 402 g/mol. The Balaban J connectivity index is 1.97.